The van der Waals surface area contributed by atoms with Crippen molar-refractivity contribution in [3.05, 3.63) is 29.8 Å². The minimum atomic E-state index is -0.994. The van der Waals surface area contributed by atoms with Gasteiger partial charge in [-0.2, -0.15) is 0 Å². The summed E-state index contributed by atoms with van der Waals surface area (Å²) in [5.41, 5.74) is -0.0368. The molecule has 104 valence electrons. The van der Waals surface area contributed by atoms with Crippen LogP contribution in [0, 0.1) is 17.6 Å². The number of ether oxygens (including phenoxy) is 1. The van der Waals surface area contributed by atoms with E-state index >= 15 is 0 Å². The smallest absolute Gasteiger partial charge is 0.318 e. The van der Waals surface area contributed by atoms with Crippen LogP contribution >= 0.6 is 0 Å². The molecule has 0 aliphatic heterocycles. The number of benzene rings is 1. The third kappa shape index (κ3) is 4.31. The van der Waals surface area contributed by atoms with Crippen LogP contribution < -0.4 is 5.32 Å². The molecule has 1 rings (SSSR count). The molecule has 0 aromatic heterocycles. The number of anilines is 1. The second-order valence-corrected chi connectivity index (χ2v) is 3.86. The van der Waals surface area contributed by atoms with E-state index in [2.05, 4.69) is 5.32 Å². The van der Waals surface area contributed by atoms with Crippen molar-refractivity contribution in [2.75, 3.05) is 11.9 Å². The number of carbonyl (C=O) groups is 2. The second kappa shape index (κ2) is 6.82. The van der Waals surface area contributed by atoms with Crippen molar-refractivity contribution in [1.82, 2.24) is 0 Å². The van der Waals surface area contributed by atoms with E-state index in [-0.39, 0.29) is 18.7 Å². The molecule has 6 heteroatoms. The molecule has 1 aromatic carbocycles. The van der Waals surface area contributed by atoms with Gasteiger partial charge in [-0.3, -0.25) is 9.59 Å². The van der Waals surface area contributed by atoms with E-state index in [1.165, 1.54) is 0 Å². The molecule has 0 spiro atoms. The number of esters is 1. The summed E-state index contributed by atoms with van der Waals surface area (Å²) in [6.07, 6.45) is 0.239. The summed E-state index contributed by atoms with van der Waals surface area (Å²) >= 11 is 0. The molecule has 0 radical (unpaired) electrons. The molecule has 0 heterocycles. The fourth-order valence-electron chi connectivity index (χ4n) is 1.56. The van der Waals surface area contributed by atoms with Gasteiger partial charge in [-0.05, 0) is 25.5 Å². The first kappa shape index (κ1) is 15.1. The molecule has 19 heavy (non-hydrogen) atoms. The Kier molecular flexibility index (Phi) is 5.41. The SMILES string of the molecule is CCOC(=O)C(CC)C(=O)Nc1cc(F)cc(F)c1. The number of hydrogen-bond acceptors (Lipinski definition) is 3. The normalized spacial score (nSPS) is 11.8. The van der Waals surface area contributed by atoms with Crippen LogP contribution in [0.1, 0.15) is 20.3 Å². The fourth-order valence-corrected chi connectivity index (χ4v) is 1.56. The minimum Gasteiger partial charge on any atom is -0.465 e. The van der Waals surface area contributed by atoms with Crippen molar-refractivity contribution in [2.24, 2.45) is 5.92 Å². The maximum absolute atomic E-state index is 13.0. The predicted octanol–water partition coefficient (Wildman–Crippen LogP) is 2.49. The molecule has 4 nitrogen and oxygen atoms in total. The predicted molar refractivity (Wildman–Crippen MR) is 65.4 cm³/mol. The highest BCUT2D eigenvalue weighted by Crippen LogP contribution is 2.15. The molecule has 1 atom stereocenters. The fraction of sp³-hybridized carbons (Fsp3) is 0.385. The van der Waals surface area contributed by atoms with Gasteiger partial charge in [-0.25, -0.2) is 8.78 Å². The second-order valence-electron chi connectivity index (χ2n) is 3.86. The third-order valence-electron chi connectivity index (χ3n) is 2.43. The number of hydrogen-bond donors (Lipinski definition) is 1. The van der Waals surface area contributed by atoms with Crippen molar-refractivity contribution >= 4 is 17.6 Å². The lowest BCUT2D eigenvalue weighted by Gasteiger charge is -2.13. The highest BCUT2D eigenvalue weighted by molar-refractivity contribution is 6.04. The van der Waals surface area contributed by atoms with E-state index in [9.17, 15) is 18.4 Å². The molecule has 0 bridgehead atoms. The van der Waals surface area contributed by atoms with E-state index in [4.69, 9.17) is 4.74 Å². The third-order valence-corrected chi connectivity index (χ3v) is 2.43. The molecular weight excluding hydrogens is 256 g/mol. The molecular formula is C13H15F2NO3. The quantitative estimate of drug-likeness (QED) is 0.661. The topological polar surface area (TPSA) is 55.4 Å². The summed E-state index contributed by atoms with van der Waals surface area (Å²) in [7, 11) is 0. The van der Waals surface area contributed by atoms with Crippen LogP contribution in [-0.2, 0) is 14.3 Å². The number of amides is 1. The van der Waals surface area contributed by atoms with Crippen molar-refractivity contribution in [3.63, 3.8) is 0 Å². The van der Waals surface area contributed by atoms with E-state index in [1.807, 2.05) is 0 Å². The lowest BCUT2D eigenvalue weighted by molar-refractivity contribution is -0.151. The lowest BCUT2D eigenvalue weighted by atomic mass is 10.1. The lowest BCUT2D eigenvalue weighted by Crippen LogP contribution is -2.30. The van der Waals surface area contributed by atoms with Crippen LogP contribution in [0.25, 0.3) is 0 Å². The van der Waals surface area contributed by atoms with Gasteiger partial charge in [0.05, 0.1) is 6.61 Å². The van der Waals surface area contributed by atoms with E-state index in [1.54, 1.807) is 13.8 Å². The minimum absolute atomic E-state index is 0.0368. The Morgan fingerprint density at radius 2 is 1.79 bits per heavy atom. The molecule has 1 aromatic rings. The average Bonchev–Trinajstić information content (AvgIpc) is 2.28. The number of halogens is 2. The molecule has 1 N–H and O–H groups in total. The first-order chi connectivity index (χ1) is 8.97. The summed E-state index contributed by atoms with van der Waals surface area (Å²) in [4.78, 5) is 23.3. The van der Waals surface area contributed by atoms with E-state index in [0.717, 1.165) is 12.1 Å². The van der Waals surface area contributed by atoms with Crippen molar-refractivity contribution < 1.29 is 23.1 Å². The summed E-state index contributed by atoms with van der Waals surface area (Å²) in [5, 5.41) is 2.29. The number of rotatable bonds is 5. The monoisotopic (exact) mass is 271 g/mol. The maximum Gasteiger partial charge on any atom is 0.318 e. The van der Waals surface area contributed by atoms with Crippen molar-refractivity contribution in [3.8, 4) is 0 Å². The van der Waals surface area contributed by atoms with Gasteiger partial charge >= 0.3 is 5.97 Å². The summed E-state index contributed by atoms with van der Waals surface area (Å²) in [5.74, 6) is -3.91. The summed E-state index contributed by atoms with van der Waals surface area (Å²) in [6, 6.07) is 2.63. The molecule has 0 aliphatic rings. The summed E-state index contributed by atoms with van der Waals surface area (Å²) in [6.45, 7) is 3.44. The van der Waals surface area contributed by atoms with E-state index in [0.29, 0.717) is 6.07 Å². The Labute approximate surface area is 109 Å². The highest BCUT2D eigenvalue weighted by Gasteiger charge is 2.26. The number of nitrogens with one attached hydrogen (secondary N) is 1. The van der Waals surface area contributed by atoms with Gasteiger partial charge in [0.25, 0.3) is 0 Å². The van der Waals surface area contributed by atoms with Gasteiger partial charge in [-0.15, -0.1) is 0 Å². The van der Waals surface area contributed by atoms with Crippen LogP contribution in [0.4, 0.5) is 14.5 Å². The van der Waals surface area contributed by atoms with Crippen LogP contribution in [0.15, 0.2) is 18.2 Å². The molecule has 1 amide bonds. The zero-order valence-corrected chi connectivity index (χ0v) is 10.7. The van der Waals surface area contributed by atoms with Crippen molar-refractivity contribution in [2.45, 2.75) is 20.3 Å². The van der Waals surface area contributed by atoms with Crippen LogP contribution in [0.5, 0.6) is 0 Å². The van der Waals surface area contributed by atoms with E-state index < -0.39 is 29.4 Å². The standard InChI is InChI=1S/C13H15F2NO3/c1-3-11(13(18)19-4-2)12(17)16-10-6-8(14)5-9(15)7-10/h5-7,11H,3-4H2,1-2H3,(H,16,17). The number of carbonyl (C=O) groups excluding carboxylic acids is 2. The average molecular weight is 271 g/mol. The molecule has 0 saturated heterocycles. The molecule has 0 fully saturated rings. The zero-order chi connectivity index (χ0) is 14.4. The largest absolute Gasteiger partial charge is 0.465 e. The Morgan fingerprint density at radius 3 is 2.26 bits per heavy atom. The van der Waals surface area contributed by atoms with Crippen LogP contribution in [0.2, 0.25) is 0 Å². The van der Waals surface area contributed by atoms with Gasteiger partial charge in [0, 0.05) is 11.8 Å². The highest BCUT2D eigenvalue weighted by atomic mass is 19.1. The molecule has 1 unspecified atom stereocenters. The summed E-state index contributed by atoms with van der Waals surface area (Å²) < 4.78 is 30.7. The van der Waals surface area contributed by atoms with Crippen molar-refractivity contribution in [1.29, 1.82) is 0 Å². The Morgan fingerprint density at radius 1 is 1.21 bits per heavy atom. The van der Waals surface area contributed by atoms with Gasteiger partial charge in [-0.1, -0.05) is 6.92 Å². The van der Waals surface area contributed by atoms with Crippen LogP contribution in [0.3, 0.4) is 0 Å². The Hall–Kier alpha value is -1.98. The Balaban J connectivity index is 2.79. The zero-order valence-electron chi connectivity index (χ0n) is 10.7. The maximum atomic E-state index is 13.0. The van der Waals surface area contributed by atoms with Gasteiger partial charge in [0.2, 0.25) is 5.91 Å². The molecule has 0 saturated carbocycles. The van der Waals surface area contributed by atoms with Gasteiger partial charge in [0.1, 0.15) is 17.6 Å². The first-order valence-electron chi connectivity index (χ1n) is 5.91. The first-order valence-corrected chi connectivity index (χ1v) is 5.91. The van der Waals surface area contributed by atoms with Crippen LogP contribution in [-0.4, -0.2) is 18.5 Å². The van der Waals surface area contributed by atoms with Gasteiger partial charge < -0.3 is 10.1 Å². The molecule has 0 aliphatic carbocycles. The van der Waals surface area contributed by atoms with Gasteiger partial charge in [0.15, 0.2) is 0 Å². The Bertz CT molecular complexity index is 457.